The molecular formula is C11H16BrClN2O2S2. The molecule has 0 saturated heterocycles. The number of hydrogen-bond acceptors (Lipinski definition) is 4. The number of pyridine rings is 1. The molecule has 0 fully saturated rings. The van der Waals surface area contributed by atoms with Crippen molar-refractivity contribution in [1.82, 2.24) is 9.71 Å². The predicted molar refractivity (Wildman–Crippen MR) is 84.4 cm³/mol. The molecule has 0 aliphatic heterocycles. The third-order valence-electron chi connectivity index (χ3n) is 2.38. The summed E-state index contributed by atoms with van der Waals surface area (Å²) in [4.78, 5) is 3.82. The maximum Gasteiger partial charge on any atom is 0.243 e. The highest BCUT2D eigenvalue weighted by molar-refractivity contribution is 9.10. The fourth-order valence-corrected chi connectivity index (χ4v) is 3.93. The highest BCUT2D eigenvalue weighted by Gasteiger charge is 2.18. The van der Waals surface area contributed by atoms with Crippen LogP contribution in [0.4, 0.5) is 0 Å². The van der Waals surface area contributed by atoms with E-state index < -0.39 is 10.0 Å². The Kier molecular flexibility index (Phi) is 7.68. The van der Waals surface area contributed by atoms with Crippen molar-refractivity contribution in [3.05, 3.63) is 21.9 Å². The normalized spacial score (nSPS) is 11.7. The van der Waals surface area contributed by atoms with E-state index in [1.165, 1.54) is 12.3 Å². The summed E-state index contributed by atoms with van der Waals surface area (Å²) in [7, 11) is -3.59. The fraction of sp³-hybridized carbons (Fsp3) is 0.545. The van der Waals surface area contributed by atoms with Crippen molar-refractivity contribution in [3.8, 4) is 0 Å². The maximum atomic E-state index is 12.0. The fourth-order valence-electron chi connectivity index (χ4n) is 1.42. The zero-order chi connectivity index (χ0) is 14.3. The first-order valence-corrected chi connectivity index (χ1v) is 9.82. The van der Waals surface area contributed by atoms with Gasteiger partial charge in [0.15, 0.2) is 0 Å². The Bertz CT molecular complexity index is 511. The van der Waals surface area contributed by atoms with Crippen molar-refractivity contribution in [2.24, 2.45) is 0 Å². The van der Waals surface area contributed by atoms with Crippen LogP contribution in [0.15, 0.2) is 21.6 Å². The van der Waals surface area contributed by atoms with Gasteiger partial charge in [0.2, 0.25) is 10.0 Å². The van der Waals surface area contributed by atoms with Crippen LogP contribution in [0, 0.1) is 0 Å². The Balaban J connectivity index is 2.54. The summed E-state index contributed by atoms with van der Waals surface area (Å²) < 4.78 is 27.2. The molecule has 1 aromatic rings. The van der Waals surface area contributed by atoms with Crippen molar-refractivity contribution >= 4 is 49.3 Å². The minimum absolute atomic E-state index is 0.00709. The van der Waals surface area contributed by atoms with Crippen molar-refractivity contribution in [2.45, 2.75) is 24.2 Å². The lowest BCUT2D eigenvalue weighted by Gasteiger charge is -2.08. The van der Waals surface area contributed by atoms with E-state index in [9.17, 15) is 8.42 Å². The number of hydrogen-bond donors (Lipinski definition) is 1. The molecule has 0 aromatic carbocycles. The average molecular weight is 388 g/mol. The van der Waals surface area contributed by atoms with Crippen molar-refractivity contribution in [3.63, 3.8) is 0 Å². The first-order valence-electron chi connectivity index (χ1n) is 5.77. The van der Waals surface area contributed by atoms with Crippen molar-refractivity contribution in [2.75, 3.05) is 18.6 Å². The first kappa shape index (κ1) is 17.2. The van der Waals surface area contributed by atoms with Gasteiger partial charge in [-0.05, 0) is 46.8 Å². The molecule has 8 heteroatoms. The molecule has 108 valence electrons. The SMILES string of the molecule is CSCCCCCNS(=O)(=O)c1cc(Br)cnc1Cl. The summed E-state index contributed by atoms with van der Waals surface area (Å²) in [5.74, 6) is 1.11. The van der Waals surface area contributed by atoms with Gasteiger partial charge >= 0.3 is 0 Å². The lowest BCUT2D eigenvalue weighted by Crippen LogP contribution is -2.25. The molecule has 1 rings (SSSR count). The Morgan fingerprint density at radius 1 is 1.42 bits per heavy atom. The van der Waals surface area contributed by atoms with E-state index in [-0.39, 0.29) is 10.0 Å². The van der Waals surface area contributed by atoms with E-state index >= 15 is 0 Å². The number of rotatable bonds is 8. The molecule has 0 radical (unpaired) electrons. The standard InChI is InChI=1S/C11H16BrClN2O2S2/c1-18-6-4-2-3-5-15-19(16,17)10-7-9(12)8-14-11(10)13/h7-8,15H,2-6H2,1H3. The zero-order valence-electron chi connectivity index (χ0n) is 10.5. The van der Waals surface area contributed by atoms with Crippen LogP contribution in [0.3, 0.4) is 0 Å². The highest BCUT2D eigenvalue weighted by Crippen LogP contribution is 2.22. The van der Waals surface area contributed by atoms with Crippen molar-refractivity contribution < 1.29 is 8.42 Å². The van der Waals surface area contributed by atoms with Gasteiger partial charge in [-0.25, -0.2) is 18.1 Å². The quantitative estimate of drug-likeness (QED) is 0.549. The molecular weight excluding hydrogens is 372 g/mol. The molecule has 0 amide bonds. The summed E-state index contributed by atoms with van der Waals surface area (Å²) in [6.07, 6.45) is 6.45. The molecule has 0 spiro atoms. The van der Waals surface area contributed by atoms with Crippen molar-refractivity contribution in [1.29, 1.82) is 0 Å². The number of halogens is 2. The Morgan fingerprint density at radius 2 is 2.16 bits per heavy atom. The first-order chi connectivity index (χ1) is 8.97. The van der Waals surface area contributed by atoms with E-state index in [0.29, 0.717) is 11.0 Å². The van der Waals surface area contributed by atoms with Crippen LogP contribution in [0.25, 0.3) is 0 Å². The summed E-state index contributed by atoms with van der Waals surface area (Å²) in [5.41, 5.74) is 0. The predicted octanol–water partition coefficient (Wildman–Crippen LogP) is 3.31. The van der Waals surface area contributed by atoms with E-state index in [4.69, 9.17) is 11.6 Å². The molecule has 1 aromatic heterocycles. The Labute approximate surface area is 131 Å². The topological polar surface area (TPSA) is 59.1 Å². The molecule has 1 heterocycles. The van der Waals surface area contributed by atoms with Gasteiger partial charge in [-0.2, -0.15) is 11.8 Å². The van der Waals surface area contributed by atoms with Crippen LogP contribution >= 0.6 is 39.3 Å². The second-order valence-corrected chi connectivity index (χ2v) is 7.89. The molecule has 0 atom stereocenters. The van der Waals surface area contributed by atoms with Crippen LogP contribution in [-0.4, -0.2) is 32.0 Å². The van der Waals surface area contributed by atoms with Crippen LogP contribution in [-0.2, 0) is 10.0 Å². The van der Waals surface area contributed by atoms with E-state index in [1.807, 2.05) is 0 Å². The summed E-state index contributed by atoms with van der Waals surface area (Å²) in [5, 5.41) is -0.0157. The highest BCUT2D eigenvalue weighted by atomic mass is 79.9. The monoisotopic (exact) mass is 386 g/mol. The van der Waals surface area contributed by atoms with Gasteiger partial charge in [-0.1, -0.05) is 18.0 Å². The van der Waals surface area contributed by atoms with Crippen LogP contribution < -0.4 is 4.72 Å². The van der Waals surface area contributed by atoms with E-state index in [0.717, 1.165) is 25.0 Å². The minimum atomic E-state index is -3.59. The van der Waals surface area contributed by atoms with Gasteiger partial charge in [0.05, 0.1) is 0 Å². The maximum absolute atomic E-state index is 12.0. The third kappa shape index (κ3) is 5.99. The number of unbranched alkanes of at least 4 members (excludes halogenated alkanes) is 2. The van der Waals surface area contributed by atoms with Crippen LogP contribution in [0.2, 0.25) is 5.15 Å². The molecule has 0 aliphatic carbocycles. The van der Waals surface area contributed by atoms with Gasteiger partial charge in [-0.3, -0.25) is 0 Å². The molecule has 19 heavy (non-hydrogen) atoms. The molecule has 0 bridgehead atoms. The van der Waals surface area contributed by atoms with Gasteiger partial charge in [0, 0.05) is 17.2 Å². The third-order valence-corrected chi connectivity index (χ3v) is 5.40. The minimum Gasteiger partial charge on any atom is -0.242 e. The number of aromatic nitrogens is 1. The van der Waals surface area contributed by atoms with Gasteiger partial charge in [-0.15, -0.1) is 0 Å². The average Bonchev–Trinajstić information content (AvgIpc) is 2.36. The Morgan fingerprint density at radius 3 is 2.84 bits per heavy atom. The Hall–Kier alpha value is 0.180. The van der Waals surface area contributed by atoms with Gasteiger partial charge in [0.25, 0.3) is 0 Å². The number of sulfonamides is 1. The number of nitrogens with zero attached hydrogens (tertiary/aromatic N) is 1. The number of nitrogens with one attached hydrogen (secondary N) is 1. The van der Waals surface area contributed by atoms with Gasteiger partial charge < -0.3 is 0 Å². The molecule has 4 nitrogen and oxygen atoms in total. The lowest BCUT2D eigenvalue weighted by molar-refractivity contribution is 0.576. The molecule has 0 saturated carbocycles. The molecule has 0 unspecified atom stereocenters. The smallest absolute Gasteiger partial charge is 0.242 e. The van der Waals surface area contributed by atoms with E-state index in [2.05, 4.69) is 31.9 Å². The van der Waals surface area contributed by atoms with Crippen LogP contribution in [0.1, 0.15) is 19.3 Å². The summed E-state index contributed by atoms with van der Waals surface area (Å²) in [6.45, 7) is 0.416. The van der Waals surface area contributed by atoms with Gasteiger partial charge in [0.1, 0.15) is 10.0 Å². The second kappa shape index (κ2) is 8.46. The van der Waals surface area contributed by atoms with Crippen LogP contribution in [0.5, 0.6) is 0 Å². The molecule has 1 N–H and O–H groups in total. The molecule has 0 aliphatic rings. The zero-order valence-corrected chi connectivity index (χ0v) is 14.5. The summed E-state index contributed by atoms with van der Waals surface area (Å²) >= 11 is 10.8. The largest absolute Gasteiger partial charge is 0.243 e. The summed E-state index contributed by atoms with van der Waals surface area (Å²) in [6, 6.07) is 1.45. The van der Waals surface area contributed by atoms with E-state index in [1.54, 1.807) is 11.8 Å². The number of thioether (sulfide) groups is 1. The second-order valence-electron chi connectivity index (χ2n) is 3.89. The lowest BCUT2D eigenvalue weighted by atomic mass is 10.2.